The summed E-state index contributed by atoms with van der Waals surface area (Å²) in [4.78, 5) is 28.6. The van der Waals surface area contributed by atoms with Gasteiger partial charge in [-0.15, -0.1) is 0 Å². The van der Waals surface area contributed by atoms with Gasteiger partial charge >= 0.3 is 14.2 Å². The normalized spacial score (nSPS) is 11.4. The standard InChI is InChI=1S/C45H28N4O.C27H16ClN3O.C18H13BO3.C18H11BrO.C12H9BO3/c1-2-13-29(14-3-1)43-46-44(31-16-10-15-30(27-31)34-22-12-23-38-37-21-6-9-26-41(37)50-42(34)38)48-45(47-43)32-17-11-18-33(28-32)49-39-24-7-4-19-35(39)36-20-5-8-25-40(36)49;28-27-30-25(17-8-2-1-3-9-17)29-26(31-27)19-11-6-10-18(16-19)20-13-7-14-22-21-12-4-5-15-23(21)32-24(20)22;20-19(21)13-6-3-5-12(11-13)14-8-4-9-16-15-7-1-2-10-17(15)22-18(14)16;19-13-6-3-5-12(11-13)14-8-4-9-16-15-7-1-2-10-17(15)20-18(14)16;14-13(15)10-6-3-5-9-8-4-1-2-7-11(8)16-12(9)10/h1-28H;1-16H;1-11,20-21H;1-11H;1-7,14-15H. The summed E-state index contributed by atoms with van der Waals surface area (Å²) in [6, 6.07) is 148. The molecule has 0 unspecified atom stereocenters. The van der Waals surface area contributed by atoms with Crippen LogP contribution in [0.1, 0.15) is 0 Å². The predicted molar refractivity (Wildman–Crippen MR) is 571 cm³/mol. The zero-order valence-electron chi connectivity index (χ0n) is 74.5. The largest absolute Gasteiger partial charge is 0.492 e. The highest BCUT2D eigenvalue weighted by Crippen LogP contribution is 2.44. The smallest absolute Gasteiger partial charge is 0.456 e. The zero-order chi connectivity index (χ0) is 94.3. The SMILES string of the molecule is Brc1cccc(-c2cccc3c2oc2ccccc23)c1.Clc1nc(-c2ccccc2)nc(-c2cccc(-c3cccc4c3oc3ccccc34)c2)n1.OB(O)c1cccc(-c2cccc3c2oc2ccccc23)c1.OB(O)c1cccc2c1oc1ccccc12.c1ccc(-c2nc(-c3cccc(-c4cccc5c4oc4ccccc45)c3)nc(-c3cccc(-n4c5ccccc5c5ccccc54)c3)n2)cc1. The first-order valence-electron chi connectivity index (χ1n) is 45.6. The minimum Gasteiger partial charge on any atom is -0.456 e. The van der Waals surface area contributed by atoms with Gasteiger partial charge < -0.3 is 46.7 Å². The molecule has 0 radical (unpaired) electrons. The third-order valence-corrected chi connectivity index (χ3v) is 25.7. The fourth-order valence-corrected chi connectivity index (χ4v) is 19.1. The Morgan fingerprint density at radius 1 is 0.221 bits per heavy atom. The molecule has 8 aromatic heterocycles. The Hall–Kier alpha value is -17.3. The van der Waals surface area contributed by atoms with Gasteiger partial charge in [-0.25, -0.2) is 19.9 Å². The second-order valence-electron chi connectivity index (χ2n) is 33.7. The van der Waals surface area contributed by atoms with Gasteiger partial charge in [0.15, 0.2) is 29.1 Å². The van der Waals surface area contributed by atoms with Gasteiger partial charge in [0, 0.05) is 130 Å². The molecule has 0 saturated heterocycles. The Kier molecular flexibility index (Phi) is 23.4. The minimum atomic E-state index is -1.51. The fraction of sp³-hybridized carbons (Fsp3) is 0. The van der Waals surface area contributed by atoms with Crippen LogP contribution in [0.15, 0.2) is 469 Å². The maximum absolute atomic E-state index is 9.35. The van der Waals surface area contributed by atoms with Gasteiger partial charge in [0.25, 0.3) is 0 Å². The molecule has 666 valence electrons. The van der Waals surface area contributed by atoms with Crippen LogP contribution in [0, 0.1) is 0 Å². The summed E-state index contributed by atoms with van der Waals surface area (Å²) >= 11 is 9.78. The van der Waals surface area contributed by atoms with E-state index >= 15 is 0 Å². The molecule has 0 atom stereocenters. The van der Waals surface area contributed by atoms with Crippen molar-refractivity contribution in [3.05, 3.63) is 453 Å². The number of furan rings is 5. The van der Waals surface area contributed by atoms with Crippen molar-refractivity contribution < 1.29 is 42.2 Å². The molecule has 0 fully saturated rings. The Morgan fingerprint density at radius 3 is 0.900 bits per heavy atom. The van der Waals surface area contributed by atoms with E-state index in [1.807, 2.05) is 224 Å². The van der Waals surface area contributed by atoms with E-state index in [0.29, 0.717) is 45.6 Å². The molecule has 16 nitrogen and oxygen atoms in total. The highest BCUT2D eigenvalue weighted by molar-refractivity contribution is 9.10. The third kappa shape index (κ3) is 16.9. The van der Waals surface area contributed by atoms with Crippen LogP contribution in [0.2, 0.25) is 5.28 Å². The Bertz CT molecular complexity index is 9330. The molecule has 27 rings (SSSR count). The van der Waals surface area contributed by atoms with Crippen molar-refractivity contribution >= 4 is 184 Å². The molecule has 4 N–H and O–H groups in total. The van der Waals surface area contributed by atoms with Gasteiger partial charge in [0.05, 0.1) is 11.0 Å². The average molecular weight is 1900 g/mol. The lowest BCUT2D eigenvalue weighted by atomic mass is 9.79. The van der Waals surface area contributed by atoms with Crippen LogP contribution in [0.5, 0.6) is 0 Å². The molecule has 8 heterocycles. The minimum absolute atomic E-state index is 0.165. The van der Waals surface area contributed by atoms with E-state index < -0.39 is 14.2 Å². The highest BCUT2D eigenvalue weighted by atomic mass is 79.9. The first kappa shape index (κ1) is 86.8. The number of para-hydroxylation sites is 12. The Morgan fingerprint density at radius 2 is 0.500 bits per heavy atom. The van der Waals surface area contributed by atoms with Gasteiger partial charge in [-0.05, 0) is 118 Å². The quantitative estimate of drug-likeness (QED) is 0.0834. The van der Waals surface area contributed by atoms with Crippen molar-refractivity contribution in [2.24, 2.45) is 0 Å². The van der Waals surface area contributed by atoms with E-state index in [2.05, 4.69) is 230 Å². The van der Waals surface area contributed by atoms with Crippen LogP contribution in [-0.2, 0) is 0 Å². The molecule has 0 amide bonds. The van der Waals surface area contributed by atoms with Crippen LogP contribution in [0.4, 0.5) is 0 Å². The zero-order valence-corrected chi connectivity index (χ0v) is 76.9. The number of halogens is 2. The summed E-state index contributed by atoms with van der Waals surface area (Å²) in [5.41, 5.74) is 25.3. The van der Waals surface area contributed by atoms with Gasteiger partial charge in [-0.2, -0.15) is 9.97 Å². The summed E-state index contributed by atoms with van der Waals surface area (Å²) in [7, 11) is -2.99. The average Bonchev–Trinajstić information content (AvgIpc) is 1.58. The summed E-state index contributed by atoms with van der Waals surface area (Å²) in [6.07, 6.45) is 0. The van der Waals surface area contributed by atoms with Crippen molar-refractivity contribution in [1.29, 1.82) is 0 Å². The van der Waals surface area contributed by atoms with Crippen LogP contribution >= 0.6 is 27.5 Å². The van der Waals surface area contributed by atoms with Crippen molar-refractivity contribution in [3.63, 3.8) is 0 Å². The van der Waals surface area contributed by atoms with Crippen LogP contribution < -0.4 is 10.9 Å². The number of hydrogen-bond donors (Lipinski definition) is 4. The predicted octanol–water partition coefficient (Wildman–Crippen LogP) is 29.2. The Balaban J connectivity index is 0.000000104. The first-order valence-corrected chi connectivity index (χ1v) is 46.7. The summed E-state index contributed by atoms with van der Waals surface area (Å²) in [5.74, 6) is 2.92. The lowest BCUT2D eigenvalue weighted by Crippen LogP contribution is -2.29. The lowest BCUT2D eigenvalue weighted by molar-refractivity contribution is 0.424. The van der Waals surface area contributed by atoms with Gasteiger partial charge in [0.2, 0.25) is 5.28 Å². The fourth-order valence-electron chi connectivity index (χ4n) is 18.6. The number of rotatable bonds is 12. The molecular weight excluding hydrogens is 1820 g/mol. The molecule has 0 aliphatic carbocycles. The van der Waals surface area contributed by atoms with Crippen LogP contribution in [-0.4, -0.2) is 68.8 Å². The molecule has 19 aromatic carbocycles. The van der Waals surface area contributed by atoms with Crippen molar-refractivity contribution in [3.8, 4) is 107 Å². The Labute approximate surface area is 814 Å². The van der Waals surface area contributed by atoms with Gasteiger partial charge in [-0.1, -0.05) is 380 Å². The molecule has 0 bridgehead atoms. The molecule has 0 aliphatic heterocycles. The van der Waals surface area contributed by atoms with E-state index in [-0.39, 0.29) is 5.28 Å². The molecule has 140 heavy (non-hydrogen) atoms. The molecule has 27 aromatic rings. The lowest BCUT2D eigenvalue weighted by Gasteiger charge is -2.12. The van der Waals surface area contributed by atoms with Gasteiger partial charge in [-0.3, -0.25) is 0 Å². The van der Waals surface area contributed by atoms with Crippen LogP contribution in [0.3, 0.4) is 0 Å². The molecule has 0 spiro atoms. The van der Waals surface area contributed by atoms with Crippen molar-refractivity contribution in [2.75, 3.05) is 0 Å². The topological polar surface area (TPSA) is 229 Å². The first-order chi connectivity index (χ1) is 68.9. The molecule has 0 aliphatic rings. The monoisotopic (exact) mass is 1900 g/mol. The van der Waals surface area contributed by atoms with E-state index in [9.17, 15) is 20.1 Å². The van der Waals surface area contributed by atoms with E-state index in [1.165, 1.54) is 16.2 Å². The number of hydrogen-bond acceptors (Lipinski definition) is 15. The van der Waals surface area contributed by atoms with Crippen molar-refractivity contribution in [2.45, 2.75) is 0 Å². The number of benzene rings is 19. The summed E-state index contributed by atoms with van der Waals surface area (Å²) in [5, 5.41) is 50.6. The third-order valence-electron chi connectivity index (χ3n) is 25.1. The maximum atomic E-state index is 9.35. The highest BCUT2D eigenvalue weighted by Gasteiger charge is 2.24. The number of nitrogens with zero attached hydrogens (tertiary/aromatic N) is 7. The van der Waals surface area contributed by atoms with E-state index in [4.69, 9.17) is 48.6 Å². The molecule has 20 heteroatoms. The van der Waals surface area contributed by atoms with Gasteiger partial charge in [0.1, 0.15) is 55.8 Å². The maximum Gasteiger partial charge on any atom is 0.492 e. The summed E-state index contributed by atoms with van der Waals surface area (Å²) < 4.78 is 33.7. The number of aromatic nitrogens is 7. The molecular formula is C120H77B2BrClN7O9. The van der Waals surface area contributed by atoms with E-state index in [0.717, 1.165) is 192 Å². The summed E-state index contributed by atoms with van der Waals surface area (Å²) in [6.45, 7) is 0. The second-order valence-corrected chi connectivity index (χ2v) is 35.0. The molecule has 0 saturated carbocycles. The second kappa shape index (κ2) is 37.8. The van der Waals surface area contributed by atoms with Crippen molar-refractivity contribution in [1.82, 2.24) is 34.5 Å². The number of fused-ring (bicyclic) bond motifs is 18. The van der Waals surface area contributed by atoms with E-state index in [1.54, 1.807) is 24.3 Å². The van der Waals surface area contributed by atoms with Crippen LogP contribution in [0.25, 0.3) is 239 Å².